The molecule has 4 atom stereocenters. The average molecular weight is 867 g/mol. The molecule has 328 valence electrons. The molecule has 0 saturated heterocycles. The summed E-state index contributed by atoms with van der Waals surface area (Å²) in [5.41, 5.74) is 3.87. The number of benzene rings is 2. The smallest absolute Gasteiger partial charge is 0.458 e. The number of carbonyl (C=O) groups is 5. The summed E-state index contributed by atoms with van der Waals surface area (Å²) in [6.45, 7) is 7.17. The Bertz CT molecular complexity index is 2600. The van der Waals surface area contributed by atoms with Crippen LogP contribution in [0.5, 0.6) is 0 Å². The second-order valence-electron chi connectivity index (χ2n) is 15.8. The van der Waals surface area contributed by atoms with E-state index in [0.717, 1.165) is 5.56 Å². The van der Waals surface area contributed by atoms with Gasteiger partial charge in [-0.25, -0.2) is 23.8 Å². The van der Waals surface area contributed by atoms with Crippen molar-refractivity contribution in [2.24, 2.45) is 5.92 Å². The second kappa shape index (κ2) is 16.5. The highest BCUT2D eigenvalue weighted by molar-refractivity contribution is 5.98. The number of ether oxygens (including phenoxy) is 2. The number of hydrogen-bond donors (Lipinski definition) is 5. The number of nitrogens with zero attached hydrogens (tertiary/aromatic N) is 2. The molecule has 2 aromatic heterocycles. The highest BCUT2D eigenvalue weighted by Crippen LogP contribution is 2.46. The van der Waals surface area contributed by atoms with Crippen molar-refractivity contribution in [2.45, 2.75) is 104 Å². The highest BCUT2D eigenvalue weighted by Gasteiger charge is 2.46. The molecule has 0 saturated carbocycles. The van der Waals surface area contributed by atoms with E-state index in [1.165, 1.54) is 43.5 Å². The lowest BCUT2D eigenvalue weighted by atomic mass is 9.81. The number of amides is 3. The highest BCUT2D eigenvalue weighted by atomic mass is 19.4. The minimum atomic E-state index is -5.28. The minimum Gasteiger partial charge on any atom is -0.458 e. The third-order valence-electron chi connectivity index (χ3n) is 11.5. The van der Waals surface area contributed by atoms with E-state index in [-0.39, 0.29) is 37.3 Å². The zero-order valence-electron chi connectivity index (χ0n) is 34.0. The number of fused-ring (bicyclic) bond motifs is 5. The topological polar surface area (TPSA) is 216 Å². The number of hydroxylamine groups is 1. The van der Waals surface area contributed by atoms with Crippen molar-refractivity contribution in [3.63, 3.8) is 0 Å². The van der Waals surface area contributed by atoms with Crippen LogP contribution in [0.3, 0.4) is 0 Å². The van der Waals surface area contributed by atoms with E-state index in [1.54, 1.807) is 32.0 Å². The van der Waals surface area contributed by atoms with Gasteiger partial charge in [0.1, 0.15) is 31.1 Å². The first kappa shape index (κ1) is 43.7. The van der Waals surface area contributed by atoms with E-state index in [4.69, 9.17) is 14.5 Å². The van der Waals surface area contributed by atoms with Crippen molar-refractivity contribution in [3.05, 3.63) is 91.5 Å². The molecule has 0 radical (unpaired) electrons. The summed E-state index contributed by atoms with van der Waals surface area (Å²) in [6.07, 6.45) is -5.32. The molecule has 16 nitrogen and oxygen atoms in total. The van der Waals surface area contributed by atoms with E-state index in [9.17, 15) is 47.0 Å². The Labute approximate surface area is 350 Å². The molecule has 20 heteroatoms. The number of alkyl halides is 3. The summed E-state index contributed by atoms with van der Waals surface area (Å²) in [5, 5.41) is 19.9. The number of esters is 1. The van der Waals surface area contributed by atoms with Gasteiger partial charge in [-0.2, -0.15) is 13.2 Å². The van der Waals surface area contributed by atoms with Gasteiger partial charge in [0.15, 0.2) is 5.60 Å². The maximum absolute atomic E-state index is 15.3. The Hall–Kier alpha value is -6.41. The van der Waals surface area contributed by atoms with Gasteiger partial charge in [-0.3, -0.25) is 14.4 Å². The molecule has 4 heterocycles. The van der Waals surface area contributed by atoms with E-state index < -0.39 is 77.0 Å². The largest absolute Gasteiger partial charge is 0.492 e. The molecule has 3 amide bonds. The quantitative estimate of drug-likeness (QED) is 0.0537. The molecular weight excluding hydrogens is 824 g/mol. The predicted octanol–water partition coefficient (Wildman–Crippen LogP) is 4.52. The predicted molar refractivity (Wildman–Crippen MR) is 210 cm³/mol. The molecular formula is C42H42F4N6O10. The number of anilines is 1. The van der Waals surface area contributed by atoms with E-state index in [1.807, 2.05) is 5.48 Å². The lowest BCUT2D eigenvalue weighted by molar-refractivity contribution is -0.209. The molecule has 0 bridgehead atoms. The Morgan fingerprint density at radius 3 is 2.42 bits per heavy atom. The Morgan fingerprint density at radius 1 is 1.05 bits per heavy atom. The molecule has 1 unspecified atom stereocenters. The van der Waals surface area contributed by atoms with Crippen LogP contribution in [0.1, 0.15) is 85.5 Å². The minimum absolute atomic E-state index is 0.0444. The van der Waals surface area contributed by atoms with Crippen molar-refractivity contribution in [1.82, 2.24) is 25.7 Å². The van der Waals surface area contributed by atoms with Crippen LogP contribution in [-0.2, 0) is 65.3 Å². The maximum atomic E-state index is 15.3. The average Bonchev–Trinajstić information content (AvgIpc) is 3.59. The number of hydrogen-bond acceptors (Lipinski definition) is 12. The van der Waals surface area contributed by atoms with Crippen molar-refractivity contribution >= 4 is 46.4 Å². The molecule has 2 aromatic carbocycles. The first-order valence-corrected chi connectivity index (χ1v) is 19.7. The number of aliphatic hydroxyl groups is 1. The Morgan fingerprint density at radius 2 is 1.76 bits per heavy atom. The summed E-state index contributed by atoms with van der Waals surface area (Å²) >= 11 is 0. The fourth-order valence-corrected chi connectivity index (χ4v) is 8.00. The number of rotatable bonds is 11. The number of cyclic esters (lactones) is 1. The van der Waals surface area contributed by atoms with Gasteiger partial charge >= 0.3 is 24.2 Å². The number of carbonyl (C=O) groups excluding carboxylic acids is 5. The van der Waals surface area contributed by atoms with Gasteiger partial charge in [0, 0.05) is 28.3 Å². The molecule has 5 N–H and O–H groups in total. The second-order valence-corrected chi connectivity index (χ2v) is 15.8. The first-order chi connectivity index (χ1) is 29.2. The number of halogens is 4. The number of alkyl carbamates (subject to hydrolysis) is 1. The number of aromatic nitrogens is 2. The summed E-state index contributed by atoms with van der Waals surface area (Å²) in [5.74, 6) is -6.04. The van der Waals surface area contributed by atoms with Crippen molar-refractivity contribution in [3.8, 4) is 11.4 Å². The van der Waals surface area contributed by atoms with Gasteiger partial charge in [-0.1, -0.05) is 32.9 Å². The van der Waals surface area contributed by atoms with E-state index >= 15 is 4.39 Å². The van der Waals surface area contributed by atoms with Crippen LogP contribution >= 0.6 is 0 Å². The zero-order chi connectivity index (χ0) is 45.0. The van der Waals surface area contributed by atoms with Gasteiger partial charge in [0.05, 0.1) is 35.1 Å². The summed E-state index contributed by atoms with van der Waals surface area (Å²) in [7, 11) is 0. The fourth-order valence-electron chi connectivity index (χ4n) is 8.00. The molecule has 62 heavy (non-hydrogen) atoms. The number of pyridine rings is 2. The number of nitrogens with one attached hydrogen (secondary N) is 4. The third kappa shape index (κ3) is 7.94. The first-order valence-electron chi connectivity index (χ1n) is 19.7. The summed E-state index contributed by atoms with van der Waals surface area (Å²) < 4.78 is 65.1. The molecule has 0 fully saturated rings. The van der Waals surface area contributed by atoms with Gasteiger partial charge in [-0.05, 0) is 79.5 Å². The van der Waals surface area contributed by atoms with Crippen LogP contribution in [0, 0.1) is 18.7 Å². The van der Waals surface area contributed by atoms with E-state index in [0.29, 0.717) is 63.1 Å². The lowest BCUT2D eigenvalue weighted by Crippen LogP contribution is -2.53. The summed E-state index contributed by atoms with van der Waals surface area (Å²) in [4.78, 5) is 85.4. The van der Waals surface area contributed by atoms with Crippen LogP contribution in [0.4, 0.5) is 28.0 Å². The van der Waals surface area contributed by atoms with Crippen LogP contribution < -0.4 is 27.0 Å². The molecule has 1 aliphatic carbocycles. The Kier molecular flexibility index (Phi) is 11.6. The molecule has 0 spiro atoms. The lowest BCUT2D eigenvalue weighted by Gasteiger charge is -2.31. The van der Waals surface area contributed by atoms with Crippen LogP contribution in [-0.4, -0.2) is 62.8 Å². The molecule has 4 aromatic rings. The van der Waals surface area contributed by atoms with Gasteiger partial charge < -0.3 is 39.9 Å². The normalized spacial score (nSPS) is 18.5. The summed E-state index contributed by atoms with van der Waals surface area (Å²) in [6, 6.07) is 5.89. The van der Waals surface area contributed by atoms with Crippen molar-refractivity contribution < 1.29 is 61.0 Å². The molecule has 3 aliphatic rings. The maximum Gasteiger partial charge on any atom is 0.492 e. The van der Waals surface area contributed by atoms with Gasteiger partial charge in [0.2, 0.25) is 11.8 Å². The monoisotopic (exact) mass is 866 g/mol. The number of aryl methyl sites for hydroxylation is 1. The standard InChI is InChI=1S/C42H42F4N6O10/c1-6-41(59)26-13-30-34-24(15-52(30)37(55)25(26)17-60-38(41)56)32-28(12-11-23-19(4)27(43)14-29(49-34)31(23)32)50-40(58)61-16-21-7-9-22(10-8-21)48-35(53)20(5)47-36(54)33(18(2)3)51-62-39(57)42(44,45)46/h7-10,13-14,18,20,28,33,51,59H,6,11-12,15-17H2,1-5H3,(H,47,54)(H,48,53)(H,50,58)/t20-,28?,33-,41-/m0/s1. The van der Waals surface area contributed by atoms with Gasteiger partial charge in [0.25, 0.3) is 5.56 Å². The molecule has 7 rings (SSSR count). The van der Waals surface area contributed by atoms with Crippen LogP contribution in [0.25, 0.3) is 22.3 Å². The Balaban J connectivity index is 1.03. The zero-order valence-corrected chi connectivity index (χ0v) is 34.0. The van der Waals surface area contributed by atoms with Crippen molar-refractivity contribution in [2.75, 3.05) is 5.32 Å². The van der Waals surface area contributed by atoms with E-state index in [2.05, 4.69) is 20.8 Å². The fraction of sp³-hybridized carbons (Fsp3) is 0.405. The third-order valence-corrected chi connectivity index (χ3v) is 11.5. The van der Waals surface area contributed by atoms with Crippen LogP contribution in [0.15, 0.2) is 41.2 Å². The van der Waals surface area contributed by atoms with Crippen molar-refractivity contribution in [1.29, 1.82) is 0 Å². The van der Waals surface area contributed by atoms with Gasteiger partial charge in [-0.15, -0.1) is 5.48 Å². The van der Waals surface area contributed by atoms with Crippen LogP contribution in [0.2, 0.25) is 0 Å². The molecule has 2 aliphatic heterocycles. The SMILES string of the molecule is CC[C@@]1(O)C(=O)OCc2c1cc1n(c2=O)Cc2c-1nc1cc(F)c(C)c3c1c2C(NC(=O)OCc1ccc(NC(=O)[C@H](C)NC(=O)[C@@H](NOC(=O)C(F)(F)F)C(C)C)cc1)CC3.